The molecule has 8 nitrogen and oxygen atoms in total. The van der Waals surface area contributed by atoms with Gasteiger partial charge in [-0.3, -0.25) is 9.11 Å². The van der Waals surface area contributed by atoms with Crippen LogP contribution in [-0.2, 0) is 20.0 Å². The van der Waals surface area contributed by atoms with Gasteiger partial charge in [-0.2, -0.15) is 8.42 Å². The number of rotatable bonds is 4. The van der Waals surface area contributed by atoms with Crippen LogP contribution in [0.25, 0.3) is 0 Å². The molecule has 0 heterocycles. The van der Waals surface area contributed by atoms with Crippen LogP contribution in [0.2, 0.25) is 0 Å². The van der Waals surface area contributed by atoms with Gasteiger partial charge < -0.3 is 13.1 Å². The fourth-order valence-corrected chi connectivity index (χ4v) is 0.302. The summed E-state index contributed by atoms with van der Waals surface area (Å²) in [5.41, 5.74) is 0.528. The number of hydrogen-bond donors (Lipinski definition) is 4. The molecule has 0 aliphatic rings. The van der Waals surface area contributed by atoms with Crippen molar-refractivity contribution in [1.29, 1.82) is 0 Å². The Kier molecular flexibility index (Phi) is 21.4. The third-order valence-corrected chi connectivity index (χ3v) is 1.46. The van der Waals surface area contributed by atoms with Crippen LogP contribution in [0.1, 0.15) is 29.5 Å². The molecule has 4 N–H and O–H groups in total. The molecule has 0 aromatic heterocycles. The van der Waals surface area contributed by atoms with Crippen LogP contribution < -0.4 is 0 Å². The molecular weight excluding hydrogens is 417 g/mol. The van der Waals surface area contributed by atoms with Gasteiger partial charge in [-0.05, 0) is 12.8 Å². The molecule has 0 aliphatic carbocycles. The summed E-state index contributed by atoms with van der Waals surface area (Å²) in [6.07, 6.45) is 1.05. The summed E-state index contributed by atoms with van der Waals surface area (Å²) in [7, 11) is -4.67. The van der Waals surface area contributed by atoms with Crippen molar-refractivity contribution in [3.8, 4) is 0 Å². The van der Waals surface area contributed by atoms with Crippen molar-refractivity contribution in [2.45, 2.75) is 26.7 Å². The van der Waals surface area contributed by atoms with E-state index in [1.807, 2.05) is 0 Å². The van der Waals surface area contributed by atoms with Crippen LogP contribution in [0.3, 0.4) is 0 Å². The summed E-state index contributed by atoms with van der Waals surface area (Å²) in [5.74, 6) is -1.80. The summed E-state index contributed by atoms with van der Waals surface area (Å²) < 4.78 is 31.6. The van der Waals surface area contributed by atoms with Gasteiger partial charge in [-0.25, -0.2) is 9.59 Å². The molecule has 0 radical (unpaired) electrons. The Hall–Kier alpha value is -0.139. The van der Waals surface area contributed by atoms with Gasteiger partial charge in [0.2, 0.25) is 0 Å². The average Bonchev–Trinajstić information content (AvgIpc) is 2.25. The van der Waals surface area contributed by atoms with Crippen molar-refractivity contribution in [1.82, 2.24) is 0 Å². The standard InChI is InChI=1S/2C5H8O2.Ba.H2O4S.2H/c2*1-3-4(2)5(6)7;;1-5(2,3)4;;/h2*2-3H2,1H3,(H,6,7);;(H2,1,2,3,4);;/q;;+2;;2*-1. The molecule has 0 amide bonds. The molecule has 0 saturated heterocycles. The number of aliphatic carboxylic acids is 2. The molecule has 0 saturated carbocycles. The second-order valence-electron chi connectivity index (χ2n) is 2.97. The molecule has 0 atom stereocenters. The molecule has 0 aromatic rings. The van der Waals surface area contributed by atoms with Crippen molar-refractivity contribution in [2.24, 2.45) is 0 Å². The minimum atomic E-state index is -4.67. The van der Waals surface area contributed by atoms with Gasteiger partial charge in [0.15, 0.2) is 0 Å². The molecule has 0 bridgehead atoms. The van der Waals surface area contributed by atoms with Gasteiger partial charge in [0, 0.05) is 11.1 Å². The first-order chi connectivity index (χ1) is 8.36. The summed E-state index contributed by atoms with van der Waals surface area (Å²) in [6.45, 7) is 10.1. The van der Waals surface area contributed by atoms with Gasteiger partial charge in [-0.1, -0.05) is 27.0 Å². The largest absolute Gasteiger partial charge is 2.00 e. The van der Waals surface area contributed by atoms with E-state index in [4.69, 9.17) is 27.7 Å². The number of carboxylic acid groups (broad SMARTS) is 2. The molecule has 0 aliphatic heterocycles. The Morgan fingerprint density at radius 1 is 0.950 bits per heavy atom. The van der Waals surface area contributed by atoms with Crippen molar-refractivity contribution in [3.63, 3.8) is 0 Å². The molecule has 0 spiro atoms. The molecule has 10 heteroatoms. The van der Waals surface area contributed by atoms with Gasteiger partial charge >= 0.3 is 71.2 Å². The van der Waals surface area contributed by atoms with E-state index in [2.05, 4.69) is 13.2 Å². The van der Waals surface area contributed by atoms with Crippen molar-refractivity contribution in [2.75, 3.05) is 0 Å². The fraction of sp³-hybridized carbons (Fsp3) is 0.400. The predicted octanol–water partition coefficient (Wildman–Crippen LogP) is 1.27. The summed E-state index contributed by atoms with van der Waals surface area (Å²) in [4.78, 5) is 19.7. The summed E-state index contributed by atoms with van der Waals surface area (Å²) in [5, 5.41) is 16.2. The minimum Gasteiger partial charge on any atom is -1.00 e. The van der Waals surface area contributed by atoms with Crippen LogP contribution in [0.5, 0.6) is 0 Å². The zero-order valence-corrected chi connectivity index (χ0v) is 16.6. The SMILES string of the molecule is C=C(CC)C(=O)O.C=C(CC)C(=O)O.O=S(=O)(O)O.[Ba+2].[H-].[H-]. The minimum absolute atomic E-state index is 0. The Morgan fingerprint density at radius 2 is 1.10 bits per heavy atom. The number of carboxylic acids is 2. The fourth-order valence-electron chi connectivity index (χ4n) is 0.302. The topological polar surface area (TPSA) is 149 Å². The van der Waals surface area contributed by atoms with E-state index < -0.39 is 22.3 Å². The molecule has 0 fully saturated rings. The zero-order valence-electron chi connectivity index (χ0n) is 13.4. The number of carbonyl (C=O) groups is 2. The van der Waals surface area contributed by atoms with Crippen LogP contribution in [0.4, 0.5) is 0 Å². The second-order valence-corrected chi connectivity index (χ2v) is 3.87. The van der Waals surface area contributed by atoms with E-state index in [0.29, 0.717) is 12.8 Å². The maximum absolute atomic E-state index is 9.83. The molecule has 0 aromatic carbocycles. The van der Waals surface area contributed by atoms with E-state index in [9.17, 15) is 9.59 Å². The monoisotopic (exact) mass is 438 g/mol. The van der Waals surface area contributed by atoms with Gasteiger partial charge in [0.05, 0.1) is 0 Å². The van der Waals surface area contributed by atoms with E-state index in [-0.39, 0.29) is 62.9 Å². The van der Waals surface area contributed by atoms with Crippen molar-refractivity contribution < 1.29 is 40.2 Å². The molecule has 20 heavy (non-hydrogen) atoms. The van der Waals surface area contributed by atoms with Gasteiger partial charge in [0.25, 0.3) is 0 Å². The average molecular weight is 438 g/mol. The summed E-state index contributed by atoms with van der Waals surface area (Å²) in [6, 6.07) is 0. The molecule has 0 unspecified atom stereocenters. The van der Waals surface area contributed by atoms with Gasteiger partial charge in [0.1, 0.15) is 0 Å². The first-order valence-electron chi connectivity index (χ1n) is 4.88. The van der Waals surface area contributed by atoms with E-state index >= 15 is 0 Å². The van der Waals surface area contributed by atoms with Crippen molar-refractivity contribution in [3.05, 3.63) is 24.3 Å². The normalized spacial score (nSPS) is 8.60. The smallest absolute Gasteiger partial charge is 1.00 e. The summed E-state index contributed by atoms with van der Waals surface area (Å²) >= 11 is 0. The third kappa shape index (κ3) is 36.1. The zero-order chi connectivity index (χ0) is 16.2. The molecule has 116 valence electrons. The first kappa shape index (κ1) is 28.1. The predicted molar refractivity (Wildman–Crippen MR) is 76.3 cm³/mol. The Morgan fingerprint density at radius 3 is 1.10 bits per heavy atom. The maximum Gasteiger partial charge on any atom is 2.00 e. The quantitative estimate of drug-likeness (QED) is 0.292. The van der Waals surface area contributed by atoms with Crippen LogP contribution in [-0.4, -0.2) is 88.6 Å². The van der Waals surface area contributed by atoms with Crippen LogP contribution in [0.15, 0.2) is 24.3 Å². The third-order valence-electron chi connectivity index (χ3n) is 1.46. The Balaban J connectivity index is -0.0000000414. The van der Waals surface area contributed by atoms with Crippen LogP contribution >= 0.6 is 0 Å². The van der Waals surface area contributed by atoms with E-state index in [0.717, 1.165) is 0 Å². The Labute approximate surface area is 161 Å². The van der Waals surface area contributed by atoms with E-state index in [1.165, 1.54) is 0 Å². The van der Waals surface area contributed by atoms with Crippen LogP contribution in [0, 0.1) is 0 Å². The van der Waals surface area contributed by atoms with Gasteiger partial charge in [-0.15, -0.1) is 0 Å². The second kappa shape index (κ2) is 15.3. The van der Waals surface area contributed by atoms with Crippen molar-refractivity contribution >= 4 is 71.2 Å². The molecular formula is C10H20BaO8S. The molecule has 0 rings (SSSR count). The van der Waals surface area contributed by atoms with E-state index in [1.54, 1.807) is 13.8 Å². The Bertz CT molecular complexity index is 402. The first-order valence-corrected chi connectivity index (χ1v) is 6.28. The number of hydrogen-bond acceptors (Lipinski definition) is 4. The maximum atomic E-state index is 9.83.